The van der Waals surface area contributed by atoms with E-state index in [-0.39, 0.29) is 5.17 Å². The molecule has 9 nitrogen and oxygen atoms in total. The van der Waals surface area contributed by atoms with Gasteiger partial charge in [0.05, 0.1) is 6.61 Å². The number of hydrogen-bond donors (Lipinski definition) is 5. The summed E-state index contributed by atoms with van der Waals surface area (Å²) in [5.74, 6) is -1.45. The number of carbonyl (C=O) groups excluding carboxylic acids is 2. The monoisotopic (exact) mass is 418 g/mol. The van der Waals surface area contributed by atoms with E-state index in [9.17, 15) is 30.0 Å². The lowest BCUT2D eigenvalue weighted by Gasteiger charge is -2.43. The molecule has 2 saturated heterocycles. The molecule has 10 heteroatoms. The van der Waals surface area contributed by atoms with Gasteiger partial charge < -0.3 is 30.5 Å². The molecule has 2 heterocycles. The van der Waals surface area contributed by atoms with Gasteiger partial charge in [0.2, 0.25) is 4.93 Å². The van der Waals surface area contributed by atoms with Gasteiger partial charge in [-0.05, 0) is 28.6 Å². The smallest absolute Gasteiger partial charge is 0.280 e. The molecule has 0 saturated carbocycles. The highest BCUT2D eigenvalue weighted by molar-refractivity contribution is 8.16. The fourth-order valence-corrected chi connectivity index (χ4v) is 4.56. The molecule has 4 rings (SSSR count). The van der Waals surface area contributed by atoms with Crippen LogP contribution in [0.5, 0.6) is 0 Å². The lowest BCUT2D eigenvalue weighted by atomic mass is 9.94. The maximum Gasteiger partial charge on any atom is 0.280 e. The molecule has 2 aliphatic heterocycles. The van der Waals surface area contributed by atoms with Gasteiger partial charge in [-0.25, -0.2) is 0 Å². The van der Waals surface area contributed by atoms with E-state index in [1.165, 1.54) is 0 Å². The van der Waals surface area contributed by atoms with Crippen molar-refractivity contribution in [2.24, 2.45) is 4.99 Å². The summed E-state index contributed by atoms with van der Waals surface area (Å²) in [5.41, 5.74) is 0.334. The Hall–Kier alpha value is -2.34. The largest absolute Gasteiger partial charge is 0.394 e. The normalized spacial score (nSPS) is 33.4. The van der Waals surface area contributed by atoms with Crippen molar-refractivity contribution in [3.05, 3.63) is 48.0 Å². The van der Waals surface area contributed by atoms with Crippen LogP contribution in [0.4, 0.5) is 0 Å². The first kappa shape index (κ1) is 20.0. The standard InChI is InChI=1S/C19H18N2O7S/c22-8-12-13(23)14(24)15(25)19(28-12)17(27)21-18(29-19)20-16(26)11-7-3-5-9-4-1-2-6-10(9)11/h1-7,12-15,22-25H,8H2,(H,20,21,26,27)/t12-,13-,14+,15-,19-/m1/s1. The lowest BCUT2D eigenvalue weighted by Crippen LogP contribution is -2.66. The number of rotatable bonds is 2. The molecule has 0 aromatic heterocycles. The van der Waals surface area contributed by atoms with Crippen molar-refractivity contribution in [3.8, 4) is 0 Å². The molecule has 5 N–H and O–H groups in total. The minimum absolute atomic E-state index is 0.118. The van der Waals surface area contributed by atoms with Gasteiger partial charge in [0.1, 0.15) is 24.4 Å². The average Bonchev–Trinajstić information content (AvgIpc) is 3.04. The second kappa shape index (κ2) is 7.48. The van der Waals surface area contributed by atoms with E-state index in [4.69, 9.17) is 4.74 Å². The molecule has 2 aliphatic rings. The van der Waals surface area contributed by atoms with Crippen LogP contribution in [0.2, 0.25) is 0 Å². The van der Waals surface area contributed by atoms with Gasteiger partial charge in [0.15, 0.2) is 5.17 Å². The summed E-state index contributed by atoms with van der Waals surface area (Å²) in [4.78, 5) is 27.2. The molecule has 5 atom stereocenters. The molecule has 0 aliphatic carbocycles. The Kier molecular flexibility index (Phi) is 5.15. The molecular formula is C19H18N2O7S. The summed E-state index contributed by atoms with van der Waals surface area (Å²) < 4.78 is 5.43. The highest BCUT2D eigenvalue weighted by atomic mass is 32.2. The average molecular weight is 418 g/mol. The summed E-state index contributed by atoms with van der Waals surface area (Å²) in [6.07, 6.45) is -6.40. The third-order valence-corrected chi connectivity index (χ3v) is 6.17. The van der Waals surface area contributed by atoms with Crippen molar-refractivity contribution in [2.45, 2.75) is 29.3 Å². The number of amidine groups is 1. The highest BCUT2D eigenvalue weighted by Crippen LogP contribution is 2.43. The number of carbonyl (C=O) groups is 2. The van der Waals surface area contributed by atoms with Crippen LogP contribution in [-0.4, -0.2) is 73.4 Å². The van der Waals surface area contributed by atoms with Gasteiger partial charge in [-0.15, -0.1) is 0 Å². The van der Waals surface area contributed by atoms with Gasteiger partial charge in [-0.3, -0.25) is 9.59 Å². The molecule has 2 amide bonds. The predicted molar refractivity (Wildman–Crippen MR) is 104 cm³/mol. The maximum atomic E-state index is 12.7. The van der Waals surface area contributed by atoms with E-state index in [2.05, 4.69) is 10.3 Å². The van der Waals surface area contributed by atoms with E-state index >= 15 is 0 Å². The van der Waals surface area contributed by atoms with Crippen LogP contribution in [-0.2, 0) is 9.53 Å². The first-order chi connectivity index (χ1) is 13.9. The topological polar surface area (TPSA) is 149 Å². The van der Waals surface area contributed by atoms with Crippen molar-refractivity contribution in [1.82, 2.24) is 5.32 Å². The van der Waals surface area contributed by atoms with E-state index in [0.717, 1.165) is 5.39 Å². The summed E-state index contributed by atoms with van der Waals surface area (Å²) in [6, 6.07) is 12.5. The van der Waals surface area contributed by atoms with Crippen molar-refractivity contribution < 1.29 is 34.8 Å². The fraction of sp³-hybridized carbons (Fsp3) is 0.316. The molecule has 152 valence electrons. The number of aliphatic hydroxyl groups is 4. The number of aliphatic hydroxyl groups excluding tert-OH is 4. The van der Waals surface area contributed by atoms with Gasteiger partial charge in [-0.1, -0.05) is 36.4 Å². The van der Waals surface area contributed by atoms with Gasteiger partial charge in [0, 0.05) is 5.56 Å². The van der Waals surface area contributed by atoms with Crippen molar-refractivity contribution >= 4 is 39.5 Å². The van der Waals surface area contributed by atoms with Crippen LogP contribution in [0.1, 0.15) is 10.4 Å². The Bertz CT molecular complexity index is 1010. The lowest BCUT2D eigenvalue weighted by molar-refractivity contribution is -0.236. The van der Waals surface area contributed by atoms with Crippen LogP contribution in [0.3, 0.4) is 0 Å². The first-order valence-electron chi connectivity index (χ1n) is 8.81. The molecule has 2 fully saturated rings. The summed E-state index contributed by atoms with van der Waals surface area (Å²) in [7, 11) is 0. The van der Waals surface area contributed by atoms with Crippen molar-refractivity contribution in [3.63, 3.8) is 0 Å². The fourth-order valence-electron chi connectivity index (χ4n) is 3.43. The molecule has 1 spiro atoms. The van der Waals surface area contributed by atoms with E-state index in [1.807, 2.05) is 18.2 Å². The van der Waals surface area contributed by atoms with Crippen molar-refractivity contribution in [2.75, 3.05) is 6.61 Å². The number of fused-ring (bicyclic) bond motifs is 1. The Labute approximate surface area is 169 Å². The summed E-state index contributed by atoms with van der Waals surface area (Å²) in [6.45, 7) is -0.679. The van der Waals surface area contributed by atoms with Gasteiger partial charge in [0.25, 0.3) is 11.8 Å². The highest BCUT2D eigenvalue weighted by Gasteiger charge is 2.62. The molecule has 29 heavy (non-hydrogen) atoms. The molecule has 0 bridgehead atoms. The number of benzene rings is 2. The number of hydrogen-bond acceptors (Lipinski definition) is 8. The summed E-state index contributed by atoms with van der Waals surface area (Å²) in [5, 5.41) is 43.4. The second-order valence-electron chi connectivity index (χ2n) is 6.74. The molecule has 0 radical (unpaired) electrons. The van der Waals surface area contributed by atoms with E-state index < -0.39 is 47.8 Å². The van der Waals surface area contributed by atoms with Gasteiger partial charge >= 0.3 is 0 Å². The Balaban J connectivity index is 1.65. The number of ether oxygens (including phenoxy) is 1. The number of nitrogens with one attached hydrogen (secondary N) is 1. The number of aliphatic imine (C=N–C) groups is 1. The van der Waals surface area contributed by atoms with E-state index in [1.54, 1.807) is 24.3 Å². The Morgan fingerprint density at radius 3 is 2.62 bits per heavy atom. The Morgan fingerprint density at radius 1 is 1.14 bits per heavy atom. The van der Waals surface area contributed by atoms with Crippen LogP contribution >= 0.6 is 11.8 Å². The number of amides is 2. The van der Waals surface area contributed by atoms with E-state index in [0.29, 0.717) is 22.7 Å². The zero-order valence-corrected chi connectivity index (χ0v) is 15.7. The SMILES string of the molecule is O=C(N=C1NC(=O)[C@]2(O[C@H](CO)[C@@H](O)[C@H](O)[C@H]2O)S1)c1cccc2ccccc12. The van der Waals surface area contributed by atoms with Crippen LogP contribution in [0.15, 0.2) is 47.5 Å². The maximum absolute atomic E-state index is 12.7. The molecule has 2 aromatic rings. The molecule has 0 unspecified atom stereocenters. The predicted octanol–water partition coefficient (Wildman–Crippen LogP) is -0.631. The number of thioether (sulfide) groups is 1. The Morgan fingerprint density at radius 2 is 1.86 bits per heavy atom. The zero-order chi connectivity index (χ0) is 20.8. The first-order valence-corrected chi connectivity index (χ1v) is 9.63. The zero-order valence-electron chi connectivity index (χ0n) is 14.9. The quantitative estimate of drug-likeness (QED) is 0.433. The number of nitrogens with zero attached hydrogens (tertiary/aromatic N) is 1. The minimum Gasteiger partial charge on any atom is -0.394 e. The van der Waals surface area contributed by atoms with Gasteiger partial charge in [-0.2, -0.15) is 4.99 Å². The van der Waals surface area contributed by atoms with Crippen molar-refractivity contribution in [1.29, 1.82) is 0 Å². The molecular weight excluding hydrogens is 400 g/mol. The summed E-state index contributed by atoms with van der Waals surface area (Å²) >= 11 is 0.618. The molecule has 2 aromatic carbocycles. The minimum atomic E-state index is -2.04. The van der Waals surface area contributed by atoms with Crippen LogP contribution in [0.25, 0.3) is 10.8 Å². The second-order valence-corrected chi connectivity index (χ2v) is 7.93. The van der Waals surface area contributed by atoms with Crippen LogP contribution < -0.4 is 5.32 Å². The third-order valence-electron chi connectivity index (χ3n) is 4.96. The third kappa shape index (κ3) is 3.23. The van der Waals surface area contributed by atoms with Crippen LogP contribution in [0, 0.1) is 0 Å².